The van der Waals surface area contributed by atoms with Crippen LogP contribution in [0.1, 0.15) is 10.5 Å². The molecule has 3 heterocycles. The molecule has 7 heteroatoms. The molecule has 1 aliphatic rings. The summed E-state index contributed by atoms with van der Waals surface area (Å²) in [5.41, 5.74) is 2.76. The van der Waals surface area contributed by atoms with Crippen molar-refractivity contribution >= 4 is 28.1 Å². The summed E-state index contributed by atoms with van der Waals surface area (Å²) < 4.78 is 7.27. The number of carbonyl (C=O) groups is 1. The number of aryl methyl sites for hydroxylation is 1. The van der Waals surface area contributed by atoms with Crippen molar-refractivity contribution in [2.24, 2.45) is 7.05 Å². The Kier molecular flexibility index (Phi) is 5.24. The van der Waals surface area contributed by atoms with Crippen molar-refractivity contribution in [2.75, 3.05) is 46.4 Å². The van der Waals surface area contributed by atoms with Crippen molar-refractivity contribution in [3.63, 3.8) is 0 Å². The van der Waals surface area contributed by atoms with Crippen LogP contribution in [0.5, 0.6) is 0 Å². The first-order valence-corrected chi connectivity index (χ1v) is 10.1. The Morgan fingerprint density at radius 3 is 2.74 bits per heavy atom. The van der Waals surface area contributed by atoms with E-state index in [1.807, 2.05) is 29.5 Å². The number of hydrogen-bond acceptors (Lipinski definition) is 5. The molecule has 0 aliphatic carbocycles. The van der Waals surface area contributed by atoms with Gasteiger partial charge in [-0.2, -0.15) is 0 Å². The topological polar surface area (TPSA) is 50.6 Å². The van der Waals surface area contributed by atoms with Crippen LogP contribution in [0.15, 0.2) is 35.7 Å². The Labute approximate surface area is 163 Å². The van der Waals surface area contributed by atoms with Crippen LogP contribution in [0.4, 0.5) is 0 Å². The molecule has 1 saturated heterocycles. The zero-order chi connectivity index (χ0) is 18.8. The van der Waals surface area contributed by atoms with Gasteiger partial charge in [0.2, 0.25) is 0 Å². The Morgan fingerprint density at radius 1 is 1.22 bits per heavy atom. The average Bonchev–Trinajstić information content (AvgIpc) is 3.31. The third-order valence-corrected chi connectivity index (χ3v) is 6.03. The molecular formula is C20H24N4O2S. The molecule has 4 rings (SSSR count). The van der Waals surface area contributed by atoms with Crippen LogP contribution in [0, 0.1) is 0 Å². The van der Waals surface area contributed by atoms with E-state index in [2.05, 4.69) is 32.7 Å². The molecule has 6 nitrogen and oxygen atoms in total. The minimum atomic E-state index is 0.0302. The molecule has 1 aromatic carbocycles. The fourth-order valence-electron chi connectivity index (χ4n) is 3.54. The number of hydrogen-bond donors (Lipinski definition) is 0. The molecular weight excluding hydrogens is 360 g/mol. The minimum Gasteiger partial charge on any atom is -0.383 e. The van der Waals surface area contributed by atoms with E-state index in [1.165, 1.54) is 22.2 Å². The molecule has 0 unspecified atom stereocenters. The lowest BCUT2D eigenvalue weighted by atomic mass is 10.2. The fourth-order valence-corrected chi connectivity index (χ4v) is 4.39. The third kappa shape index (κ3) is 3.63. The summed E-state index contributed by atoms with van der Waals surface area (Å²) in [6.45, 7) is 4.90. The summed E-state index contributed by atoms with van der Waals surface area (Å²) in [5, 5.41) is 3.95. The monoisotopic (exact) mass is 384 g/mol. The Morgan fingerprint density at radius 2 is 2.00 bits per heavy atom. The Hall–Kier alpha value is -2.22. The Balaban J connectivity index is 1.48. The van der Waals surface area contributed by atoms with Crippen LogP contribution in [-0.4, -0.2) is 71.7 Å². The van der Waals surface area contributed by atoms with E-state index in [1.54, 1.807) is 7.11 Å². The van der Waals surface area contributed by atoms with Gasteiger partial charge in [0, 0.05) is 63.2 Å². The quantitative estimate of drug-likeness (QED) is 0.679. The van der Waals surface area contributed by atoms with Crippen LogP contribution in [0.2, 0.25) is 0 Å². The van der Waals surface area contributed by atoms with Crippen molar-refractivity contribution in [2.45, 2.75) is 0 Å². The van der Waals surface area contributed by atoms with Crippen molar-refractivity contribution in [3.8, 4) is 10.7 Å². The van der Waals surface area contributed by atoms with E-state index in [-0.39, 0.29) is 5.91 Å². The number of aromatic nitrogens is 2. The maximum absolute atomic E-state index is 12.8. The molecule has 2 aromatic heterocycles. The number of piperazine rings is 1. The molecule has 27 heavy (non-hydrogen) atoms. The maximum atomic E-state index is 12.8. The summed E-state index contributed by atoms with van der Waals surface area (Å²) >= 11 is 1.53. The number of thiazole rings is 1. The first-order valence-electron chi connectivity index (χ1n) is 9.18. The van der Waals surface area contributed by atoms with Gasteiger partial charge >= 0.3 is 0 Å². The highest BCUT2D eigenvalue weighted by molar-refractivity contribution is 7.13. The van der Waals surface area contributed by atoms with Gasteiger partial charge in [-0.15, -0.1) is 11.3 Å². The molecule has 0 spiro atoms. The molecule has 0 saturated carbocycles. The molecule has 3 aromatic rings. The van der Waals surface area contributed by atoms with Gasteiger partial charge in [0.25, 0.3) is 5.91 Å². The van der Waals surface area contributed by atoms with Gasteiger partial charge in [-0.25, -0.2) is 4.98 Å². The zero-order valence-electron chi connectivity index (χ0n) is 15.7. The summed E-state index contributed by atoms with van der Waals surface area (Å²) in [6.07, 6.45) is 0. The SMILES string of the molecule is COCCN1CCN(C(=O)c2csc(-c3cc4ccccc4n3C)n2)CC1. The second kappa shape index (κ2) is 7.80. The van der Waals surface area contributed by atoms with E-state index in [0.29, 0.717) is 5.69 Å². The molecule has 0 N–H and O–H groups in total. The Bertz CT molecular complexity index is 941. The van der Waals surface area contributed by atoms with Crippen LogP contribution < -0.4 is 0 Å². The van der Waals surface area contributed by atoms with E-state index >= 15 is 0 Å². The third-order valence-electron chi connectivity index (χ3n) is 5.17. The molecule has 0 radical (unpaired) electrons. The largest absolute Gasteiger partial charge is 0.383 e. The summed E-state index contributed by atoms with van der Waals surface area (Å²) in [6, 6.07) is 10.4. The predicted octanol–water partition coefficient (Wildman–Crippen LogP) is 2.71. The number of benzene rings is 1. The van der Waals surface area contributed by atoms with Gasteiger partial charge in [0.15, 0.2) is 0 Å². The summed E-state index contributed by atoms with van der Waals surface area (Å²) in [4.78, 5) is 21.7. The first kappa shape index (κ1) is 18.2. The first-order chi connectivity index (χ1) is 13.2. The maximum Gasteiger partial charge on any atom is 0.273 e. The highest BCUT2D eigenvalue weighted by atomic mass is 32.1. The molecule has 1 amide bonds. The minimum absolute atomic E-state index is 0.0302. The van der Waals surface area contributed by atoms with Crippen molar-refractivity contribution in [3.05, 3.63) is 41.4 Å². The number of para-hydroxylation sites is 1. The number of ether oxygens (including phenoxy) is 1. The second-order valence-corrected chi connectivity index (χ2v) is 7.67. The predicted molar refractivity (Wildman–Crippen MR) is 108 cm³/mol. The van der Waals surface area contributed by atoms with Crippen molar-refractivity contribution < 1.29 is 9.53 Å². The zero-order valence-corrected chi connectivity index (χ0v) is 16.5. The highest BCUT2D eigenvalue weighted by Gasteiger charge is 2.24. The van der Waals surface area contributed by atoms with E-state index in [9.17, 15) is 4.79 Å². The number of rotatable bonds is 5. The number of fused-ring (bicyclic) bond motifs is 1. The lowest BCUT2D eigenvalue weighted by Gasteiger charge is -2.34. The van der Waals surface area contributed by atoms with E-state index < -0.39 is 0 Å². The average molecular weight is 385 g/mol. The van der Waals surface area contributed by atoms with Crippen molar-refractivity contribution in [1.29, 1.82) is 0 Å². The van der Waals surface area contributed by atoms with Crippen molar-refractivity contribution in [1.82, 2.24) is 19.4 Å². The second-order valence-electron chi connectivity index (χ2n) is 6.81. The van der Waals surface area contributed by atoms with Gasteiger partial charge < -0.3 is 14.2 Å². The van der Waals surface area contributed by atoms with Gasteiger partial charge in [-0.05, 0) is 12.1 Å². The van der Waals surface area contributed by atoms with E-state index in [0.717, 1.165) is 50.0 Å². The number of nitrogens with zero attached hydrogens (tertiary/aromatic N) is 4. The molecule has 1 fully saturated rings. The number of amides is 1. The van der Waals surface area contributed by atoms with Gasteiger partial charge in [0.05, 0.1) is 12.3 Å². The van der Waals surface area contributed by atoms with Crippen LogP contribution in [-0.2, 0) is 11.8 Å². The smallest absolute Gasteiger partial charge is 0.273 e. The van der Waals surface area contributed by atoms with Crippen LogP contribution in [0.25, 0.3) is 21.6 Å². The molecule has 0 atom stereocenters. The van der Waals surface area contributed by atoms with Gasteiger partial charge in [-0.3, -0.25) is 9.69 Å². The standard InChI is InChI=1S/C20H24N4O2S/c1-22-17-6-4-3-5-15(17)13-18(22)19-21-16(14-27-19)20(25)24-9-7-23(8-10-24)11-12-26-2/h3-6,13-14H,7-12H2,1-2H3. The normalized spacial score (nSPS) is 15.6. The van der Waals surface area contributed by atoms with Gasteiger partial charge in [0.1, 0.15) is 10.7 Å². The lowest BCUT2D eigenvalue weighted by molar-refractivity contribution is 0.0589. The van der Waals surface area contributed by atoms with Crippen LogP contribution in [0.3, 0.4) is 0 Å². The highest BCUT2D eigenvalue weighted by Crippen LogP contribution is 2.29. The fraction of sp³-hybridized carbons (Fsp3) is 0.400. The van der Waals surface area contributed by atoms with Gasteiger partial charge in [-0.1, -0.05) is 18.2 Å². The lowest BCUT2D eigenvalue weighted by Crippen LogP contribution is -2.49. The van der Waals surface area contributed by atoms with Crippen LogP contribution >= 0.6 is 11.3 Å². The summed E-state index contributed by atoms with van der Waals surface area (Å²) in [5.74, 6) is 0.0302. The molecule has 142 valence electrons. The molecule has 0 bridgehead atoms. The number of methoxy groups -OCH3 is 1. The summed E-state index contributed by atoms with van der Waals surface area (Å²) in [7, 11) is 3.76. The van der Waals surface area contributed by atoms with E-state index in [4.69, 9.17) is 4.74 Å². The number of carbonyl (C=O) groups excluding carboxylic acids is 1. The molecule has 1 aliphatic heterocycles.